The smallest absolute Gasteiger partial charge is 0.336 e. The summed E-state index contributed by atoms with van der Waals surface area (Å²) in [5.74, 6) is -0.962. The Hall–Kier alpha value is -0.540. The molecule has 1 unspecified atom stereocenters. The molecule has 64 valence electrons. The molecule has 4 heteroatoms. The highest BCUT2D eigenvalue weighted by Crippen LogP contribution is 2.29. The fraction of sp³-hybridized carbons (Fsp3) is 0.125. The van der Waals surface area contributed by atoms with Crippen molar-refractivity contribution in [2.75, 3.05) is 0 Å². The van der Waals surface area contributed by atoms with Crippen molar-refractivity contribution in [2.45, 2.75) is 4.29 Å². The summed E-state index contributed by atoms with van der Waals surface area (Å²) in [5, 5.41) is 8.74. The lowest BCUT2D eigenvalue weighted by Crippen LogP contribution is -2.01. The summed E-state index contributed by atoms with van der Waals surface area (Å²) in [4.78, 5) is 10.6. The number of alkyl halides is 2. The van der Waals surface area contributed by atoms with E-state index in [-0.39, 0.29) is 5.56 Å². The number of hydrogen-bond donors (Lipinski definition) is 1. The van der Waals surface area contributed by atoms with Crippen molar-refractivity contribution in [1.29, 1.82) is 0 Å². The second kappa shape index (κ2) is 3.92. The van der Waals surface area contributed by atoms with E-state index < -0.39 is 10.3 Å². The van der Waals surface area contributed by atoms with Crippen molar-refractivity contribution in [3.8, 4) is 0 Å². The zero-order valence-electron chi connectivity index (χ0n) is 6.00. The highest BCUT2D eigenvalue weighted by atomic mass is 79.9. The number of rotatable bonds is 2. The Morgan fingerprint density at radius 2 is 2.08 bits per heavy atom. The maximum atomic E-state index is 10.6. The van der Waals surface area contributed by atoms with Crippen LogP contribution >= 0.6 is 27.5 Å². The van der Waals surface area contributed by atoms with Gasteiger partial charge in [-0.15, -0.1) is 11.6 Å². The van der Waals surface area contributed by atoms with Gasteiger partial charge in [-0.2, -0.15) is 0 Å². The van der Waals surface area contributed by atoms with E-state index in [1.165, 1.54) is 6.07 Å². The lowest BCUT2D eigenvalue weighted by Gasteiger charge is -2.04. The maximum absolute atomic E-state index is 10.6. The van der Waals surface area contributed by atoms with Gasteiger partial charge in [-0.05, 0) is 11.6 Å². The molecule has 0 saturated heterocycles. The number of benzene rings is 1. The molecule has 0 aromatic heterocycles. The fourth-order valence-corrected chi connectivity index (χ4v) is 1.47. The number of carboxylic acids is 1. The molecule has 0 heterocycles. The van der Waals surface area contributed by atoms with E-state index in [0.29, 0.717) is 5.56 Å². The summed E-state index contributed by atoms with van der Waals surface area (Å²) < 4.78 is -0.454. The highest BCUT2D eigenvalue weighted by molar-refractivity contribution is 9.09. The largest absolute Gasteiger partial charge is 0.478 e. The van der Waals surface area contributed by atoms with E-state index >= 15 is 0 Å². The van der Waals surface area contributed by atoms with Gasteiger partial charge in [0.1, 0.15) is 4.29 Å². The first-order valence-electron chi connectivity index (χ1n) is 3.23. The Balaban J connectivity index is 3.17. The summed E-state index contributed by atoms with van der Waals surface area (Å²) in [6.45, 7) is 0. The SMILES string of the molecule is O=C(O)c1ccccc1C(Cl)Br. The second-order valence-corrected chi connectivity index (χ2v) is 4.07. The summed E-state index contributed by atoms with van der Waals surface area (Å²) in [6.07, 6.45) is 0. The second-order valence-electron chi connectivity index (χ2n) is 2.19. The molecule has 1 N–H and O–H groups in total. The predicted molar refractivity (Wildman–Crippen MR) is 50.9 cm³/mol. The molecule has 1 aromatic rings. The third kappa shape index (κ3) is 1.99. The minimum atomic E-state index is -0.962. The first kappa shape index (κ1) is 9.55. The van der Waals surface area contributed by atoms with Crippen LogP contribution in [-0.4, -0.2) is 11.1 Å². The molecule has 2 nitrogen and oxygen atoms in total. The van der Waals surface area contributed by atoms with Crippen LogP contribution in [0.15, 0.2) is 24.3 Å². The molecule has 1 atom stereocenters. The van der Waals surface area contributed by atoms with Gasteiger partial charge in [-0.1, -0.05) is 34.1 Å². The van der Waals surface area contributed by atoms with E-state index in [0.717, 1.165) is 0 Å². The summed E-state index contributed by atoms with van der Waals surface area (Å²) in [7, 11) is 0. The molecule has 0 saturated carbocycles. The van der Waals surface area contributed by atoms with Crippen LogP contribution in [0.5, 0.6) is 0 Å². The first-order valence-corrected chi connectivity index (χ1v) is 4.58. The predicted octanol–water partition coefficient (Wildman–Crippen LogP) is 3.02. The standard InChI is InChI=1S/C8H6BrClO2/c9-7(10)5-3-1-2-4-6(5)8(11)12/h1-4,7H,(H,11,12). The van der Waals surface area contributed by atoms with Crippen LogP contribution in [0, 0.1) is 0 Å². The Bertz CT molecular complexity index is 299. The molecule has 0 aliphatic heterocycles. The molecular weight excluding hydrogens is 243 g/mol. The zero-order valence-corrected chi connectivity index (χ0v) is 8.34. The van der Waals surface area contributed by atoms with E-state index in [2.05, 4.69) is 15.9 Å². The van der Waals surface area contributed by atoms with E-state index in [4.69, 9.17) is 16.7 Å². The average Bonchev–Trinajstić information content (AvgIpc) is 2.04. The number of aromatic carboxylic acids is 1. The monoisotopic (exact) mass is 248 g/mol. The molecular formula is C8H6BrClO2. The molecule has 12 heavy (non-hydrogen) atoms. The Kier molecular flexibility index (Phi) is 3.12. The lowest BCUT2D eigenvalue weighted by atomic mass is 10.1. The van der Waals surface area contributed by atoms with Crippen LogP contribution in [0.25, 0.3) is 0 Å². The van der Waals surface area contributed by atoms with Crippen molar-refractivity contribution in [1.82, 2.24) is 0 Å². The molecule has 0 radical (unpaired) electrons. The zero-order chi connectivity index (χ0) is 9.14. The molecule has 0 amide bonds. The van der Waals surface area contributed by atoms with Gasteiger partial charge < -0.3 is 5.11 Å². The fourth-order valence-electron chi connectivity index (χ4n) is 0.882. The van der Waals surface area contributed by atoms with Crippen LogP contribution in [0.2, 0.25) is 0 Å². The van der Waals surface area contributed by atoms with Crippen molar-refractivity contribution in [3.63, 3.8) is 0 Å². The number of halogens is 2. The van der Waals surface area contributed by atoms with Gasteiger partial charge in [-0.25, -0.2) is 4.79 Å². The van der Waals surface area contributed by atoms with E-state index in [1.54, 1.807) is 18.2 Å². The molecule has 0 bridgehead atoms. The van der Waals surface area contributed by atoms with Crippen molar-refractivity contribution >= 4 is 33.5 Å². The summed E-state index contributed by atoms with van der Waals surface area (Å²) >= 11 is 8.81. The highest BCUT2D eigenvalue weighted by Gasteiger charge is 2.13. The quantitative estimate of drug-likeness (QED) is 0.818. The Labute approximate surface area is 83.3 Å². The summed E-state index contributed by atoms with van der Waals surface area (Å²) in [6, 6.07) is 6.61. The van der Waals surface area contributed by atoms with Crippen molar-refractivity contribution in [3.05, 3.63) is 35.4 Å². The summed E-state index contributed by atoms with van der Waals surface area (Å²) in [5.41, 5.74) is 0.807. The third-order valence-electron chi connectivity index (χ3n) is 1.43. The number of hydrogen-bond acceptors (Lipinski definition) is 1. The molecule has 1 rings (SSSR count). The Morgan fingerprint density at radius 3 is 2.50 bits per heavy atom. The van der Waals surface area contributed by atoms with Gasteiger partial charge in [0, 0.05) is 0 Å². The van der Waals surface area contributed by atoms with Gasteiger partial charge in [0.05, 0.1) is 5.56 Å². The van der Waals surface area contributed by atoms with Crippen LogP contribution < -0.4 is 0 Å². The molecule has 0 aliphatic carbocycles. The van der Waals surface area contributed by atoms with Gasteiger partial charge in [0.25, 0.3) is 0 Å². The van der Waals surface area contributed by atoms with Crippen LogP contribution in [0.4, 0.5) is 0 Å². The number of carbonyl (C=O) groups is 1. The average molecular weight is 249 g/mol. The van der Waals surface area contributed by atoms with Gasteiger partial charge in [0.2, 0.25) is 0 Å². The maximum Gasteiger partial charge on any atom is 0.336 e. The lowest BCUT2D eigenvalue weighted by molar-refractivity contribution is 0.0696. The minimum absolute atomic E-state index is 0.231. The van der Waals surface area contributed by atoms with Gasteiger partial charge in [0.15, 0.2) is 0 Å². The van der Waals surface area contributed by atoms with Crippen molar-refractivity contribution in [2.24, 2.45) is 0 Å². The van der Waals surface area contributed by atoms with Gasteiger partial charge >= 0.3 is 5.97 Å². The Morgan fingerprint density at radius 1 is 1.50 bits per heavy atom. The molecule has 0 aliphatic rings. The molecule has 1 aromatic carbocycles. The topological polar surface area (TPSA) is 37.3 Å². The third-order valence-corrected chi connectivity index (χ3v) is 2.15. The van der Waals surface area contributed by atoms with Crippen LogP contribution in [0.1, 0.15) is 20.2 Å². The number of carboxylic acid groups (broad SMARTS) is 1. The molecule has 0 spiro atoms. The van der Waals surface area contributed by atoms with Crippen LogP contribution in [-0.2, 0) is 0 Å². The first-order chi connectivity index (χ1) is 5.63. The normalized spacial score (nSPS) is 12.5. The van der Waals surface area contributed by atoms with Crippen LogP contribution in [0.3, 0.4) is 0 Å². The van der Waals surface area contributed by atoms with Gasteiger partial charge in [-0.3, -0.25) is 0 Å². The minimum Gasteiger partial charge on any atom is -0.478 e. The van der Waals surface area contributed by atoms with E-state index in [9.17, 15) is 4.79 Å². The molecule has 0 fully saturated rings. The van der Waals surface area contributed by atoms with Crippen molar-refractivity contribution < 1.29 is 9.90 Å². The van der Waals surface area contributed by atoms with E-state index in [1.807, 2.05) is 0 Å².